The molecule has 1 unspecified atom stereocenters. The van der Waals surface area contributed by atoms with E-state index < -0.39 is 0 Å². The third-order valence-electron chi connectivity index (χ3n) is 7.64. The third-order valence-corrected chi connectivity index (χ3v) is 7.64. The van der Waals surface area contributed by atoms with Gasteiger partial charge in [0.05, 0.1) is 0 Å². The van der Waals surface area contributed by atoms with Crippen LogP contribution in [0.4, 0.5) is 0 Å². The van der Waals surface area contributed by atoms with Gasteiger partial charge in [-0.05, 0) is 108 Å². The second-order valence-corrected chi connectivity index (χ2v) is 9.09. The maximum Gasteiger partial charge on any atom is 0.0121 e. The number of nitrogens with one attached hydrogen (secondary N) is 1. The lowest BCUT2D eigenvalue weighted by molar-refractivity contribution is -0.0945. The first-order valence-corrected chi connectivity index (χ1v) is 9.55. The SMILES string of the molecule is CC(N(C)CC1CCNCC1)C12CC3CC(CC(C3)C1)C2. The molecule has 0 spiro atoms. The van der Waals surface area contributed by atoms with Crippen molar-refractivity contribution in [3.63, 3.8) is 0 Å². The molecule has 1 aliphatic heterocycles. The molecule has 4 bridgehead atoms. The quantitative estimate of drug-likeness (QED) is 0.852. The Morgan fingerprint density at radius 3 is 2.05 bits per heavy atom. The number of piperidine rings is 1. The van der Waals surface area contributed by atoms with E-state index in [1.165, 1.54) is 32.5 Å². The Morgan fingerprint density at radius 1 is 1.00 bits per heavy atom. The first kappa shape index (κ1) is 14.5. The van der Waals surface area contributed by atoms with Gasteiger partial charge in [-0.3, -0.25) is 0 Å². The minimum absolute atomic E-state index is 0.691. The van der Waals surface area contributed by atoms with Crippen molar-refractivity contribution in [2.45, 2.75) is 64.3 Å². The summed E-state index contributed by atoms with van der Waals surface area (Å²) in [5, 5.41) is 3.51. The van der Waals surface area contributed by atoms with Crippen LogP contribution >= 0.6 is 0 Å². The lowest BCUT2D eigenvalue weighted by Gasteiger charge is -2.60. The van der Waals surface area contributed by atoms with Crippen LogP contribution in [-0.2, 0) is 0 Å². The minimum atomic E-state index is 0.691. The topological polar surface area (TPSA) is 15.3 Å². The fraction of sp³-hybridized carbons (Fsp3) is 1.00. The van der Waals surface area contributed by atoms with Crippen LogP contribution in [-0.4, -0.2) is 37.6 Å². The van der Waals surface area contributed by atoms with Crippen molar-refractivity contribution in [3.8, 4) is 0 Å². The molecule has 2 nitrogen and oxygen atoms in total. The van der Waals surface area contributed by atoms with Crippen molar-refractivity contribution < 1.29 is 0 Å². The zero-order valence-corrected chi connectivity index (χ0v) is 14.1. The molecule has 4 saturated carbocycles. The van der Waals surface area contributed by atoms with Crippen molar-refractivity contribution in [1.82, 2.24) is 10.2 Å². The van der Waals surface area contributed by atoms with Gasteiger partial charge in [-0.25, -0.2) is 0 Å². The van der Waals surface area contributed by atoms with Crippen molar-refractivity contribution in [3.05, 3.63) is 0 Å². The Labute approximate surface area is 131 Å². The maximum atomic E-state index is 3.51. The normalized spacial score (nSPS) is 44.4. The van der Waals surface area contributed by atoms with Gasteiger partial charge >= 0.3 is 0 Å². The summed E-state index contributed by atoms with van der Waals surface area (Å²) in [5.74, 6) is 4.20. The van der Waals surface area contributed by atoms with Crippen LogP contribution in [0, 0.1) is 29.1 Å². The molecule has 5 aliphatic rings. The summed E-state index contributed by atoms with van der Waals surface area (Å²) in [5.41, 5.74) is 0.691. The van der Waals surface area contributed by atoms with E-state index in [4.69, 9.17) is 0 Å². The smallest absolute Gasteiger partial charge is 0.0121 e. The van der Waals surface area contributed by atoms with Gasteiger partial charge in [-0.1, -0.05) is 0 Å². The van der Waals surface area contributed by atoms with Crippen molar-refractivity contribution in [2.75, 3.05) is 26.7 Å². The van der Waals surface area contributed by atoms with Gasteiger partial charge in [0.2, 0.25) is 0 Å². The molecule has 2 heteroatoms. The van der Waals surface area contributed by atoms with E-state index in [2.05, 4.69) is 24.2 Å². The highest BCUT2D eigenvalue weighted by Gasteiger charge is 2.53. The zero-order valence-electron chi connectivity index (χ0n) is 14.1. The average Bonchev–Trinajstić information content (AvgIpc) is 2.46. The lowest BCUT2D eigenvalue weighted by Crippen LogP contribution is -2.55. The van der Waals surface area contributed by atoms with E-state index in [9.17, 15) is 0 Å². The minimum Gasteiger partial charge on any atom is -0.317 e. The molecule has 1 heterocycles. The summed E-state index contributed by atoms with van der Waals surface area (Å²) < 4.78 is 0. The summed E-state index contributed by atoms with van der Waals surface area (Å²) in [7, 11) is 2.42. The molecule has 0 aromatic heterocycles. The number of rotatable bonds is 4. The lowest BCUT2D eigenvalue weighted by atomic mass is 9.47. The molecule has 4 aliphatic carbocycles. The predicted octanol–water partition coefficient (Wildman–Crippen LogP) is 3.52. The van der Waals surface area contributed by atoms with E-state index >= 15 is 0 Å². The summed E-state index contributed by atoms with van der Waals surface area (Å²) in [6.45, 7) is 6.38. The molecule has 0 amide bonds. The van der Waals surface area contributed by atoms with Crippen molar-refractivity contribution in [1.29, 1.82) is 0 Å². The van der Waals surface area contributed by atoms with E-state index in [-0.39, 0.29) is 0 Å². The summed E-state index contributed by atoms with van der Waals surface area (Å²) >= 11 is 0. The highest BCUT2D eigenvalue weighted by Crippen LogP contribution is 2.61. The summed E-state index contributed by atoms with van der Waals surface area (Å²) in [6, 6.07) is 0.806. The number of nitrogens with zero attached hydrogens (tertiary/aromatic N) is 1. The third kappa shape index (κ3) is 2.67. The van der Waals surface area contributed by atoms with E-state index in [0.29, 0.717) is 5.41 Å². The van der Waals surface area contributed by atoms with Crippen LogP contribution in [0.1, 0.15) is 58.3 Å². The van der Waals surface area contributed by atoms with Crippen molar-refractivity contribution in [2.24, 2.45) is 29.1 Å². The first-order valence-electron chi connectivity index (χ1n) is 9.55. The standard InChI is InChI=1S/C19H34N2/c1-14(21(2)13-15-3-5-20-6-4-15)19-10-16-7-17(11-19)9-18(8-16)12-19/h14-18,20H,3-13H2,1-2H3. The molecule has 0 radical (unpaired) electrons. The largest absolute Gasteiger partial charge is 0.317 e. The van der Waals surface area contributed by atoms with Crippen LogP contribution in [0.2, 0.25) is 0 Å². The van der Waals surface area contributed by atoms with Crippen LogP contribution in [0.3, 0.4) is 0 Å². The van der Waals surface area contributed by atoms with Gasteiger partial charge in [0.1, 0.15) is 0 Å². The van der Waals surface area contributed by atoms with Gasteiger partial charge < -0.3 is 10.2 Å². The predicted molar refractivity (Wildman–Crippen MR) is 88.3 cm³/mol. The van der Waals surface area contributed by atoms with E-state index in [1.54, 1.807) is 38.5 Å². The van der Waals surface area contributed by atoms with Gasteiger partial charge in [-0.15, -0.1) is 0 Å². The van der Waals surface area contributed by atoms with E-state index in [0.717, 1.165) is 29.7 Å². The maximum absolute atomic E-state index is 3.51. The van der Waals surface area contributed by atoms with Gasteiger partial charge in [0.15, 0.2) is 0 Å². The second kappa shape index (κ2) is 5.53. The van der Waals surface area contributed by atoms with Crippen molar-refractivity contribution >= 4 is 0 Å². The Balaban J connectivity index is 1.42. The average molecular weight is 290 g/mol. The van der Waals surface area contributed by atoms with Crippen LogP contribution in [0.25, 0.3) is 0 Å². The summed E-state index contributed by atoms with van der Waals surface area (Å²) in [6.07, 6.45) is 12.2. The fourth-order valence-corrected chi connectivity index (χ4v) is 6.79. The Hall–Kier alpha value is -0.0800. The molecular weight excluding hydrogens is 256 g/mol. The second-order valence-electron chi connectivity index (χ2n) is 9.09. The molecule has 1 atom stereocenters. The Kier molecular flexibility index (Phi) is 3.82. The van der Waals surface area contributed by atoms with Gasteiger partial charge in [-0.2, -0.15) is 0 Å². The molecular formula is C19H34N2. The van der Waals surface area contributed by atoms with Gasteiger partial charge in [0.25, 0.3) is 0 Å². The molecule has 5 fully saturated rings. The first-order chi connectivity index (χ1) is 10.1. The Morgan fingerprint density at radius 2 is 1.52 bits per heavy atom. The summed E-state index contributed by atoms with van der Waals surface area (Å²) in [4.78, 5) is 2.75. The number of hydrogen-bond acceptors (Lipinski definition) is 2. The Bertz CT molecular complexity index is 336. The molecule has 5 rings (SSSR count). The van der Waals surface area contributed by atoms with Crippen LogP contribution in [0.15, 0.2) is 0 Å². The van der Waals surface area contributed by atoms with E-state index in [1.807, 2.05) is 0 Å². The molecule has 1 saturated heterocycles. The number of hydrogen-bond donors (Lipinski definition) is 1. The molecule has 0 aromatic rings. The monoisotopic (exact) mass is 290 g/mol. The molecule has 21 heavy (non-hydrogen) atoms. The van der Waals surface area contributed by atoms with Gasteiger partial charge in [0, 0.05) is 12.6 Å². The molecule has 1 N–H and O–H groups in total. The zero-order chi connectivity index (χ0) is 14.4. The highest BCUT2D eigenvalue weighted by atomic mass is 15.1. The molecule has 120 valence electrons. The molecule has 0 aromatic carbocycles. The van der Waals surface area contributed by atoms with Crippen LogP contribution in [0.5, 0.6) is 0 Å². The fourth-order valence-electron chi connectivity index (χ4n) is 6.79. The highest BCUT2D eigenvalue weighted by molar-refractivity contribution is 5.05. The van der Waals surface area contributed by atoms with Crippen LogP contribution < -0.4 is 5.32 Å².